The molecule has 0 saturated heterocycles. The summed E-state index contributed by atoms with van der Waals surface area (Å²) in [6, 6.07) is 0. The van der Waals surface area contributed by atoms with Crippen LogP contribution in [0.15, 0.2) is 4.52 Å². The van der Waals surface area contributed by atoms with Crippen molar-refractivity contribution in [1.29, 1.82) is 0 Å². The topological polar surface area (TPSA) is 68.8 Å². The van der Waals surface area contributed by atoms with Crippen LogP contribution in [-0.4, -0.2) is 26.5 Å². The zero-order chi connectivity index (χ0) is 13.8. The molecule has 2 rings (SSSR count). The molecule has 0 saturated carbocycles. The SMILES string of the molecule is CCNCc1c(C)nn(Cc2nc(CC)no2)c1C. The van der Waals surface area contributed by atoms with Gasteiger partial charge in [-0.25, -0.2) is 0 Å². The minimum atomic E-state index is 0.534. The summed E-state index contributed by atoms with van der Waals surface area (Å²) in [6.45, 7) is 10.5. The Morgan fingerprint density at radius 1 is 1.26 bits per heavy atom. The summed E-state index contributed by atoms with van der Waals surface area (Å²) < 4.78 is 7.13. The van der Waals surface area contributed by atoms with Gasteiger partial charge in [-0.15, -0.1) is 0 Å². The molecule has 0 aromatic carbocycles. The van der Waals surface area contributed by atoms with Crippen LogP contribution in [0.4, 0.5) is 0 Å². The molecule has 0 unspecified atom stereocenters. The van der Waals surface area contributed by atoms with E-state index in [-0.39, 0.29) is 0 Å². The Bertz CT molecular complexity index is 543. The van der Waals surface area contributed by atoms with Crippen molar-refractivity contribution in [2.24, 2.45) is 0 Å². The first-order chi connectivity index (χ1) is 9.15. The number of aromatic nitrogens is 4. The van der Waals surface area contributed by atoms with E-state index in [0.29, 0.717) is 12.4 Å². The molecule has 0 aliphatic heterocycles. The van der Waals surface area contributed by atoms with E-state index in [1.54, 1.807) is 0 Å². The third-order valence-corrected chi connectivity index (χ3v) is 3.19. The van der Waals surface area contributed by atoms with Gasteiger partial charge in [-0.2, -0.15) is 10.1 Å². The summed E-state index contributed by atoms with van der Waals surface area (Å²) in [5.41, 5.74) is 3.44. The number of nitrogens with zero attached hydrogens (tertiary/aromatic N) is 4. The van der Waals surface area contributed by atoms with Crippen molar-refractivity contribution < 1.29 is 4.52 Å². The van der Waals surface area contributed by atoms with Crippen LogP contribution in [0.2, 0.25) is 0 Å². The van der Waals surface area contributed by atoms with Crippen molar-refractivity contribution >= 4 is 0 Å². The van der Waals surface area contributed by atoms with Gasteiger partial charge in [0.05, 0.1) is 5.69 Å². The molecule has 0 amide bonds. The van der Waals surface area contributed by atoms with E-state index in [0.717, 1.165) is 36.7 Å². The molecule has 2 aromatic rings. The zero-order valence-corrected chi connectivity index (χ0v) is 12.0. The van der Waals surface area contributed by atoms with Gasteiger partial charge in [-0.05, 0) is 20.4 Å². The summed E-state index contributed by atoms with van der Waals surface area (Å²) in [5.74, 6) is 1.35. The van der Waals surface area contributed by atoms with Gasteiger partial charge in [0.15, 0.2) is 5.82 Å². The maximum Gasteiger partial charge on any atom is 0.248 e. The lowest BCUT2D eigenvalue weighted by atomic mass is 10.2. The molecule has 6 nitrogen and oxygen atoms in total. The Kier molecular flexibility index (Phi) is 4.31. The fraction of sp³-hybridized carbons (Fsp3) is 0.615. The third kappa shape index (κ3) is 3.01. The monoisotopic (exact) mass is 263 g/mol. The van der Waals surface area contributed by atoms with Gasteiger partial charge in [0.1, 0.15) is 6.54 Å². The molecule has 2 heterocycles. The molecule has 19 heavy (non-hydrogen) atoms. The summed E-state index contributed by atoms with van der Waals surface area (Å²) >= 11 is 0. The van der Waals surface area contributed by atoms with Crippen molar-refractivity contribution in [3.63, 3.8) is 0 Å². The molecule has 0 aliphatic carbocycles. The van der Waals surface area contributed by atoms with Crippen LogP contribution in [0.5, 0.6) is 0 Å². The maximum atomic E-state index is 5.21. The predicted octanol–water partition coefficient (Wildman–Crippen LogP) is 1.60. The lowest BCUT2D eigenvalue weighted by molar-refractivity contribution is 0.360. The molecule has 6 heteroatoms. The molecule has 0 aliphatic rings. The minimum absolute atomic E-state index is 0.534. The summed E-state index contributed by atoms with van der Waals surface area (Å²) in [5, 5.41) is 11.8. The van der Waals surface area contributed by atoms with E-state index in [9.17, 15) is 0 Å². The zero-order valence-electron chi connectivity index (χ0n) is 12.0. The van der Waals surface area contributed by atoms with E-state index in [1.165, 1.54) is 5.56 Å². The summed E-state index contributed by atoms with van der Waals surface area (Å²) in [6.07, 6.45) is 0.784. The van der Waals surface area contributed by atoms with Gasteiger partial charge < -0.3 is 9.84 Å². The van der Waals surface area contributed by atoms with Gasteiger partial charge in [-0.3, -0.25) is 4.68 Å². The first-order valence-electron chi connectivity index (χ1n) is 6.70. The standard InChI is InChI=1S/C13H21N5O/c1-5-12-15-13(19-17-12)8-18-10(4)11(7-14-6-2)9(3)16-18/h14H,5-8H2,1-4H3. The predicted molar refractivity (Wildman–Crippen MR) is 71.9 cm³/mol. The Hall–Kier alpha value is -1.69. The Labute approximate surface area is 113 Å². The fourth-order valence-electron chi connectivity index (χ4n) is 2.02. The highest BCUT2D eigenvalue weighted by Gasteiger charge is 2.13. The van der Waals surface area contributed by atoms with E-state index in [1.807, 2.05) is 18.5 Å². The van der Waals surface area contributed by atoms with Crippen LogP contribution in [0.3, 0.4) is 0 Å². The highest BCUT2D eigenvalue weighted by atomic mass is 16.5. The molecular formula is C13H21N5O. The fourth-order valence-corrected chi connectivity index (χ4v) is 2.02. The van der Waals surface area contributed by atoms with Crippen LogP contribution in [0.1, 0.15) is 42.5 Å². The number of hydrogen-bond acceptors (Lipinski definition) is 5. The number of hydrogen-bond donors (Lipinski definition) is 1. The molecule has 0 fully saturated rings. The second-order valence-electron chi connectivity index (χ2n) is 4.55. The lowest BCUT2D eigenvalue weighted by Gasteiger charge is -2.03. The average Bonchev–Trinajstić information content (AvgIpc) is 2.95. The highest BCUT2D eigenvalue weighted by molar-refractivity contribution is 5.24. The number of aryl methyl sites for hydroxylation is 2. The molecule has 1 N–H and O–H groups in total. The first-order valence-corrected chi connectivity index (χ1v) is 6.70. The largest absolute Gasteiger partial charge is 0.337 e. The van der Waals surface area contributed by atoms with Crippen LogP contribution in [-0.2, 0) is 19.5 Å². The van der Waals surface area contributed by atoms with Crippen LogP contribution < -0.4 is 5.32 Å². The van der Waals surface area contributed by atoms with Crippen LogP contribution in [0, 0.1) is 13.8 Å². The van der Waals surface area contributed by atoms with Crippen molar-refractivity contribution in [3.8, 4) is 0 Å². The van der Waals surface area contributed by atoms with Gasteiger partial charge in [0.25, 0.3) is 0 Å². The van der Waals surface area contributed by atoms with Crippen molar-refractivity contribution in [2.75, 3.05) is 6.54 Å². The smallest absolute Gasteiger partial charge is 0.248 e. The molecular weight excluding hydrogens is 242 g/mol. The van der Waals surface area contributed by atoms with E-state index < -0.39 is 0 Å². The molecule has 0 radical (unpaired) electrons. The van der Waals surface area contributed by atoms with E-state index >= 15 is 0 Å². The molecule has 104 valence electrons. The molecule has 0 spiro atoms. The van der Waals surface area contributed by atoms with Crippen molar-refractivity contribution in [1.82, 2.24) is 25.2 Å². The number of nitrogens with one attached hydrogen (secondary N) is 1. The summed E-state index contributed by atoms with van der Waals surface area (Å²) in [7, 11) is 0. The van der Waals surface area contributed by atoms with Gasteiger partial charge >= 0.3 is 0 Å². The van der Waals surface area contributed by atoms with Gasteiger partial charge in [0.2, 0.25) is 5.89 Å². The van der Waals surface area contributed by atoms with E-state index in [2.05, 4.69) is 34.4 Å². The number of rotatable bonds is 6. The van der Waals surface area contributed by atoms with Crippen LogP contribution >= 0.6 is 0 Å². The molecule has 0 bridgehead atoms. The second-order valence-corrected chi connectivity index (χ2v) is 4.55. The Balaban J connectivity index is 2.16. The molecule has 2 aromatic heterocycles. The second kappa shape index (κ2) is 5.97. The first kappa shape index (κ1) is 13.7. The van der Waals surface area contributed by atoms with Crippen molar-refractivity contribution in [2.45, 2.75) is 47.2 Å². The average molecular weight is 263 g/mol. The molecule has 0 atom stereocenters. The Morgan fingerprint density at radius 3 is 2.68 bits per heavy atom. The minimum Gasteiger partial charge on any atom is -0.337 e. The Morgan fingerprint density at radius 2 is 2.05 bits per heavy atom. The van der Waals surface area contributed by atoms with Crippen LogP contribution in [0.25, 0.3) is 0 Å². The maximum absolute atomic E-state index is 5.21. The summed E-state index contributed by atoms with van der Waals surface area (Å²) in [4.78, 5) is 4.31. The normalized spacial score (nSPS) is 11.2. The van der Waals surface area contributed by atoms with Gasteiger partial charge in [-0.1, -0.05) is 19.0 Å². The van der Waals surface area contributed by atoms with E-state index in [4.69, 9.17) is 4.52 Å². The lowest BCUT2D eigenvalue weighted by Crippen LogP contribution is -2.13. The highest BCUT2D eigenvalue weighted by Crippen LogP contribution is 2.14. The quantitative estimate of drug-likeness (QED) is 0.857. The third-order valence-electron chi connectivity index (χ3n) is 3.19. The van der Waals surface area contributed by atoms with Gasteiger partial charge in [0, 0.05) is 24.2 Å². The van der Waals surface area contributed by atoms with Crippen molar-refractivity contribution in [3.05, 3.63) is 28.7 Å².